The van der Waals surface area contributed by atoms with Gasteiger partial charge in [0.25, 0.3) is 0 Å². The Hall–Kier alpha value is -2.32. The van der Waals surface area contributed by atoms with Crippen molar-refractivity contribution in [2.75, 3.05) is 28.3 Å². The van der Waals surface area contributed by atoms with Gasteiger partial charge in [-0.1, -0.05) is 42.1 Å². The molecule has 158 valence electrons. The molecule has 1 saturated heterocycles. The van der Waals surface area contributed by atoms with E-state index in [1.807, 2.05) is 68.1 Å². The van der Waals surface area contributed by atoms with Crippen LogP contribution in [0.4, 0.5) is 11.4 Å². The molecule has 30 heavy (non-hydrogen) atoms. The summed E-state index contributed by atoms with van der Waals surface area (Å²) in [6.45, 7) is 6.05. The van der Waals surface area contributed by atoms with Crippen LogP contribution in [0.15, 0.2) is 47.5 Å². The van der Waals surface area contributed by atoms with Gasteiger partial charge in [-0.3, -0.25) is 9.79 Å². The van der Waals surface area contributed by atoms with Crippen LogP contribution in [0.5, 0.6) is 0 Å². The van der Waals surface area contributed by atoms with Gasteiger partial charge in [0.1, 0.15) is 6.54 Å². The van der Waals surface area contributed by atoms with Crippen LogP contribution in [0, 0.1) is 20.8 Å². The van der Waals surface area contributed by atoms with Crippen molar-refractivity contribution in [1.82, 2.24) is 0 Å². The first-order chi connectivity index (χ1) is 14.2. The Labute approximate surface area is 181 Å². The second kappa shape index (κ2) is 8.07. The third kappa shape index (κ3) is 4.39. The molecule has 2 aromatic rings. The number of hydrogen-bond acceptors (Lipinski definition) is 6. The van der Waals surface area contributed by atoms with E-state index >= 15 is 0 Å². The highest BCUT2D eigenvalue weighted by Gasteiger charge is 2.44. The molecule has 2 aliphatic rings. The summed E-state index contributed by atoms with van der Waals surface area (Å²) in [6.07, 6.45) is 0. The maximum absolute atomic E-state index is 13.0. The number of rotatable bonds is 4. The quantitative estimate of drug-likeness (QED) is 0.784. The average Bonchev–Trinajstić information content (AvgIpc) is 3.16. The molecule has 0 bridgehead atoms. The number of fused-ring (bicyclic) bond motifs is 1. The zero-order valence-electron chi connectivity index (χ0n) is 17.3. The minimum absolute atomic E-state index is 0.0704. The zero-order valence-corrected chi connectivity index (χ0v) is 18.9. The van der Waals surface area contributed by atoms with Crippen molar-refractivity contribution >= 4 is 44.0 Å². The van der Waals surface area contributed by atoms with E-state index < -0.39 is 9.84 Å². The number of para-hydroxylation sites is 1. The number of sulfone groups is 1. The smallest absolute Gasteiger partial charge is 0.244 e. The SMILES string of the molecule is Cc1cccc(N(CC(=O)Nc2c(C)cccc2C)C2=NC3CS(=O)(=O)CC3S2)c1. The van der Waals surface area contributed by atoms with Gasteiger partial charge in [0, 0.05) is 16.6 Å². The Balaban J connectivity index is 1.60. The van der Waals surface area contributed by atoms with E-state index in [2.05, 4.69) is 5.32 Å². The fraction of sp³-hybridized carbons (Fsp3) is 0.364. The van der Waals surface area contributed by atoms with Gasteiger partial charge in [-0.15, -0.1) is 0 Å². The number of nitrogens with one attached hydrogen (secondary N) is 1. The van der Waals surface area contributed by atoms with Crippen molar-refractivity contribution in [2.24, 2.45) is 4.99 Å². The van der Waals surface area contributed by atoms with Crippen molar-refractivity contribution in [1.29, 1.82) is 0 Å². The van der Waals surface area contributed by atoms with Gasteiger partial charge in [-0.05, 0) is 49.6 Å². The Bertz CT molecular complexity index is 1110. The number of benzene rings is 2. The summed E-state index contributed by atoms with van der Waals surface area (Å²) in [5.41, 5.74) is 4.81. The fourth-order valence-corrected chi connectivity index (χ4v) is 7.65. The highest BCUT2D eigenvalue weighted by Crippen LogP contribution is 2.37. The zero-order chi connectivity index (χ0) is 21.5. The van der Waals surface area contributed by atoms with Crippen molar-refractivity contribution < 1.29 is 13.2 Å². The van der Waals surface area contributed by atoms with Gasteiger partial charge in [0.15, 0.2) is 15.0 Å². The Morgan fingerprint density at radius 2 is 1.83 bits per heavy atom. The number of amides is 1. The van der Waals surface area contributed by atoms with Crippen molar-refractivity contribution in [3.05, 3.63) is 59.2 Å². The van der Waals surface area contributed by atoms with Crippen molar-refractivity contribution in [2.45, 2.75) is 32.1 Å². The van der Waals surface area contributed by atoms with Crippen LogP contribution in [-0.4, -0.2) is 48.8 Å². The number of nitrogens with zero attached hydrogens (tertiary/aromatic N) is 2. The first-order valence-electron chi connectivity index (χ1n) is 9.87. The van der Waals surface area contributed by atoms with E-state index in [9.17, 15) is 13.2 Å². The van der Waals surface area contributed by atoms with Crippen LogP contribution in [0.25, 0.3) is 0 Å². The summed E-state index contributed by atoms with van der Waals surface area (Å²) in [4.78, 5) is 19.6. The number of carbonyl (C=O) groups is 1. The van der Waals surface area contributed by atoms with Crippen LogP contribution in [0.1, 0.15) is 16.7 Å². The highest BCUT2D eigenvalue weighted by molar-refractivity contribution is 8.15. The fourth-order valence-electron chi connectivity index (χ4n) is 3.87. The molecular weight excluding hydrogens is 418 g/mol. The Morgan fingerprint density at radius 3 is 2.50 bits per heavy atom. The molecule has 6 nitrogen and oxygen atoms in total. The van der Waals surface area contributed by atoms with Crippen molar-refractivity contribution in [3.63, 3.8) is 0 Å². The summed E-state index contributed by atoms with van der Waals surface area (Å²) in [5, 5.41) is 3.68. The van der Waals surface area contributed by atoms with E-state index in [1.165, 1.54) is 11.8 Å². The molecule has 2 unspecified atom stereocenters. The molecule has 0 aliphatic carbocycles. The predicted octanol–water partition coefficient (Wildman–Crippen LogP) is 3.33. The lowest BCUT2D eigenvalue weighted by molar-refractivity contribution is -0.114. The van der Waals surface area contributed by atoms with Gasteiger partial charge in [0.2, 0.25) is 5.91 Å². The van der Waals surface area contributed by atoms with E-state index in [4.69, 9.17) is 4.99 Å². The molecule has 1 fully saturated rings. The Morgan fingerprint density at radius 1 is 1.13 bits per heavy atom. The molecule has 1 N–H and O–H groups in total. The maximum Gasteiger partial charge on any atom is 0.244 e. The molecule has 0 spiro atoms. The van der Waals surface area contributed by atoms with Gasteiger partial charge < -0.3 is 10.2 Å². The molecule has 2 aromatic carbocycles. The van der Waals surface area contributed by atoms with E-state index in [1.54, 1.807) is 0 Å². The molecule has 2 aliphatic heterocycles. The minimum atomic E-state index is -3.02. The molecular formula is C22H25N3O3S2. The second-order valence-corrected chi connectivity index (χ2v) is 11.3. The molecule has 0 aromatic heterocycles. The summed E-state index contributed by atoms with van der Waals surface area (Å²) >= 11 is 1.46. The monoisotopic (exact) mass is 443 g/mol. The number of aliphatic imine (C=N–C) groups is 1. The second-order valence-electron chi connectivity index (χ2n) is 7.95. The topological polar surface area (TPSA) is 78.8 Å². The Kier molecular flexibility index (Phi) is 5.63. The largest absolute Gasteiger partial charge is 0.324 e. The third-order valence-electron chi connectivity index (χ3n) is 5.40. The summed E-state index contributed by atoms with van der Waals surface area (Å²) in [5.74, 6) is 0.0950. The lowest BCUT2D eigenvalue weighted by Crippen LogP contribution is -2.37. The molecule has 2 heterocycles. The molecule has 4 rings (SSSR count). The normalized spacial score (nSPS) is 21.8. The lowest BCUT2D eigenvalue weighted by atomic mass is 10.1. The number of amidine groups is 1. The van der Waals surface area contributed by atoms with E-state index in [0.717, 1.165) is 28.1 Å². The van der Waals surface area contributed by atoms with Gasteiger partial charge in [-0.2, -0.15) is 0 Å². The van der Waals surface area contributed by atoms with Gasteiger partial charge >= 0.3 is 0 Å². The van der Waals surface area contributed by atoms with Gasteiger partial charge in [0.05, 0.1) is 17.5 Å². The van der Waals surface area contributed by atoms with E-state index in [0.29, 0.717) is 5.17 Å². The predicted molar refractivity (Wildman–Crippen MR) is 124 cm³/mol. The van der Waals surface area contributed by atoms with Crippen molar-refractivity contribution in [3.8, 4) is 0 Å². The number of carbonyl (C=O) groups excluding carboxylic acids is 1. The van der Waals surface area contributed by atoms with Crippen LogP contribution in [-0.2, 0) is 14.6 Å². The maximum atomic E-state index is 13.0. The first kappa shape index (κ1) is 20.9. The molecule has 0 radical (unpaired) electrons. The highest BCUT2D eigenvalue weighted by atomic mass is 32.2. The number of aryl methyl sites for hydroxylation is 3. The minimum Gasteiger partial charge on any atom is -0.324 e. The molecule has 1 amide bonds. The van der Waals surface area contributed by atoms with Crippen LogP contribution in [0.2, 0.25) is 0 Å². The van der Waals surface area contributed by atoms with Crippen LogP contribution < -0.4 is 10.2 Å². The summed E-state index contributed by atoms with van der Waals surface area (Å²) in [6, 6.07) is 13.6. The van der Waals surface area contributed by atoms with Gasteiger partial charge in [-0.25, -0.2) is 8.42 Å². The van der Waals surface area contributed by atoms with Crippen LogP contribution in [0.3, 0.4) is 0 Å². The van der Waals surface area contributed by atoms with Crippen LogP contribution >= 0.6 is 11.8 Å². The summed E-state index contributed by atoms with van der Waals surface area (Å²) < 4.78 is 23.8. The third-order valence-corrected chi connectivity index (χ3v) is 8.64. The lowest BCUT2D eigenvalue weighted by Gasteiger charge is -2.25. The number of hydrogen-bond donors (Lipinski definition) is 1. The van der Waals surface area contributed by atoms with E-state index in [-0.39, 0.29) is 35.2 Å². The summed E-state index contributed by atoms with van der Waals surface area (Å²) in [7, 11) is -3.02. The average molecular weight is 444 g/mol. The molecule has 0 saturated carbocycles. The first-order valence-corrected chi connectivity index (χ1v) is 12.6. The number of anilines is 2. The molecule has 8 heteroatoms. The molecule has 2 atom stereocenters. The standard InChI is InChI=1S/C22H25N3O3S2/c1-14-6-4-9-17(10-14)25(22-23-18-12-30(27,28)13-19(18)29-22)11-20(26)24-21-15(2)7-5-8-16(21)3/h4-10,18-19H,11-13H2,1-3H3,(H,24,26). The number of thioether (sulfide) groups is 1.